The minimum absolute atomic E-state index is 0.477. The number of nitrogens with two attached hydrogens (primary N) is 3. The molecule has 2 aliphatic rings. The summed E-state index contributed by atoms with van der Waals surface area (Å²) in [5.74, 6) is 0.639. The summed E-state index contributed by atoms with van der Waals surface area (Å²) in [5.41, 5.74) is 31.6. The molecule has 10 heteroatoms. The molecule has 1 aliphatic heterocycles. The Hall–Kier alpha value is -3.60. The number of nitrogen functional groups attached to an aromatic ring is 2. The Morgan fingerprint density at radius 2 is 1.82 bits per heavy atom. The molecule has 1 aromatic carbocycles. The first kappa shape index (κ1) is 22.2. The number of fused-ring (bicyclic) bond motifs is 2. The van der Waals surface area contributed by atoms with Gasteiger partial charge in [-0.15, -0.1) is 16.9 Å². The largest absolute Gasteiger partial charge is 0.398 e. The molecule has 0 radical (unpaired) electrons. The molecular formula is C24H27N9S. The smallest absolute Gasteiger partial charge is 0.145 e. The molecule has 5 rings (SSSR count). The molecule has 9 nitrogen and oxygen atoms in total. The lowest BCUT2D eigenvalue weighted by molar-refractivity contribution is 0.0555. The topological polar surface area (TPSA) is 144 Å². The molecular weight excluding hydrogens is 446 g/mol. The highest BCUT2D eigenvalue weighted by Crippen LogP contribution is 2.31. The van der Waals surface area contributed by atoms with Gasteiger partial charge >= 0.3 is 0 Å². The Kier molecular flexibility index (Phi) is 5.43. The van der Waals surface area contributed by atoms with Gasteiger partial charge in [0.15, 0.2) is 0 Å². The minimum Gasteiger partial charge on any atom is -0.398 e. The number of thioether (sulfide) groups is 1. The zero-order valence-electron chi connectivity index (χ0n) is 19.3. The lowest BCUT2D eigenvalue weighted by atomic mass is 9.91. The van der Waals surface area contributed by atoms with E-state index in [1.165, 1.54) is 0 Å². The zero-order chi connectivity index (χ0) is 24.0. The van der Waals surface area contributed by atoms with Crippen molar-refractivity contribution in [1.82, 2.24) is 25.9 Å². The fourth-order valence-electron chi connectivity index (χ4n) is 4.20. The number of aryl methyl sites for hydroxylation is 2. The van der Waals surface area contributed by atoms with E-state index in [1.54, 1.807) is 16.9 Å². The fourth-order valence-corrected chi connectivity index (χ4v) is 4.61. The summed E-state index contributed by atoms with van der Waals surface area (Å²) in [4.78, 5) is 13.9. The molecule has 1 aliphatic carbocycles. The molecule has 0 spiro atoms. The molecule has 0 amide bonds. The van der Waals surface area contributed by atoms with Crippen molar-refractivity contribution in [3.63, 3.8) is 0 Å². The summed E-state index contributed by atoms with van der Waals surface area (Å²) in [5, 5.41) is 3.53. The number of anilines is 2. The van der Waals surface area contributed by atoms with Crippen molar-refractivity contribution in [1.29, 1.82) is 0 Å². The van der Waals surface area contributed by atoms with Crippen LogP contribution in [0.4, 0.5) is 17.1 Å². The number of nitrogens with one attached hydrogen (secondary N) is 2. The first-order chi connectivity index (χ1) is 16.2. The summed E-state index contributed by atoms with van der Waals surface area (Å²) in [6.45, 7) is 3.86. The number of benzene rings is 1. The average Bonchev–Trinajstić information content (AvgIpc) is 2.80. The van der Waals surface area contributed by atoms with Gasteiger partial charge in [-0.05, 0) is 62.6 Å². The molecule has 0 saturated carbocycles. The standard InChI is InChI=1S/C24H27N9S/c1-13-8-18(25)16-10-15(4-5-20(16)28-13)30-22-11-23(34-3)32-33(31-22)24(27)7-6-21-17(12-24)19(26)9-14(2)29-21/h4-11,32H,12,27H2,1-3H3,(H2,25,28)(H2,26,29)(H,30,31). The SMILES string of the molecule is CSC1=CC(=Nc2ccc3nc(C)cc(N)c3c2)NN(C2(N)C=Cc3nc(C)cc(N)c3C2)N1. The van der Waals surface area contributed by atoms with E-state index in [-0.39, 0.29) is 0 Å². The molecule has 0 fully saturated rings. The minimum atomic E-state index is -0.899. The van der Waals surface area contributed by atoms with E-state index >= 15 is 0 Å². The van der Waals surface area contributed by atoms with Crippen LogP contribution in [0.3, 0.4) is 0 Å². The summed E-state index contributed by atoms with van der Waals surface area (Å²) < 4.78 is 0. The number of hydrogen-bond acceptors (Lipinski definition) is 9. The van der Waals surface area contributed by atoms with Crippen LogP contribution in [-0.4, -0.2) is 32.8 Å². The Morgan fingerprint density at radius 3 is 2.62 bits per heavy atom. The summed E-state index contributed by atoms with van der Waals surface area (Å²) >= 11 is 1.56. The van der Waals surface area contributed by atoms with E-state index in [0.29, 0.717) is 23.6 Å². The monoisotopic (exact) mass is 473 g/mol. The second-order valence-electron chi connectivity index (χ2n) is 8.54. The Labute approximate surface area is 202 Å². The zero-order valence-corrected chi connectivity index (χ0v) is 20.1. The van der Waals surface area contributed by atoms with Crippen molar-refractivity contribution in [2.24, 2.45) is 10.7 Å². The van der Waals surface area contributed by atoms with Crippen LogP contribution < -0.4 is 28.1 Å². The maximum Gasteiger partial charge on any atom is 0.145 e. The molecule has 1 atom stereocenters. The van der Waals surface area contributed by atoms with Crippen LogP contribution in [0.1, 0.15) is 22.6 Å². The van der Waals surface area contributed by atoms with E-state index < -0.39 is 5.66 Å². The third-order valence-corrected chi connectivity index (χ3v) is 6.51. The molecule has 174 valence electrons. The van der Waals surface area contributed by atoms with Crippen LogP contribution >= 0.6 is 11.8 Å². The third kappa shape index (κ3) is 4.07. The molecule has 1 unspecified atom stereocenters. The third-order valence-electron chi connectivity index (χ3n) is 5.86. The Morgan fingerprint density at radius 1 is 1.06 bits per heavy atom. The molecule has 34 heavy (non-hydrogen) atoms. The summed E-state index contributed by atoms with van der Waals surface area (Å²) in [6.07, 6.45) is 8.24. The highest BCUT2D eigenvalue weighted by atomic mass is 32.2. The summed E-state index contributed by atoms with van der Waals surface area (Å²) in [6, 6.07) is 9.53. The van der Waals surface area contributed by atoms with Gasteiger partial charge in [0.05, 0.1) is 21.9 Å². The highest BCUT2D eigenvalue weighted by Gasteiger charge is 2.37. The first-order valence-corrected chi connectivity index (χ1v) is 12.1. The van der Waals surface area contributed by atoms with E-state index in [2.05, 4.69) is 20.8 Å². The maximum atomic E-state index is 6.85. The predicted molar refractivity (Wildman–Crippen MR) is 141 cm³/mol. The Bertz CT molecular complexity index is 1390. The number of aromatic nitrogens is 2. The van der Waals surface area contributed by atoms with Crippen LogP contribution in [0.2, 0.25) is 0 Å². The van der Waals surface area contributed by atoms with Crippen LogP contribution in [0.25, 0.3) is 17.0 Å². The van der Waals surface area contributed by atoms with Crippen LogP contribution in [0.15, 0.2) is 52.5 Å². The second kappa shape index (κ2) is 8.32. The van der Waals surface area contributed by atoms with Gasteiger partial charge in [-0.3, -0.25) is 20.8 Å². The van der Waals surface area contributed by atoms with Gasteiger partial charge in [0.1, 0.15) is 11.5 Å². The van der Waals surface area contributed by atoms with E-state index in [0.717, 1.165) is 44.3 Å². The Balaban J connectivity index is 1.48. The van der Waals surface area contributed by atoms with Gasteiger partial charge < -0.3 is 17.2 Å². The van der Waals surface area contributed by atoms with Gasteiger partial charge in [-0.2, -0.15) is 0 Å². The molecule has 3 aromatic rings. The van der Waals surface area contributed by atoms with Gasteiger partial charge in [0.25, 0.3) is 0 Å². The van der Waals surface area contributed by atoms with E-state index in [1.807, 2.05) is 68.7 Å². The number of rotatable bonds is 3. The maximum absolute atomic E-state index is 6.85. The number of aliphatic imine (C=N–C) groups is 1. The number of nitrogens with zero attached hydrogens (tertiary/aromatic N) is 4. The molecule has 8 N–H and O–H groups in total. The van der Waals surface area contributed by atoms with E-state index in [9.17, 15) is 0 Å². The number of pyridine rings is 2. The number of hydrazine groups is 2. The van der Waals surface area contributed by atoms with Gasteiger partial charge in [0.2, 0.25) is 0 Å². The number of amidine groups is 1. The predicted octanol–water partition coefficient (Wildman–Crippen LogP) is 2.89. The molecule has 0 saturated heterocycles. The van der Waals surface area contributed by atoms with Crippen molar-refractivity contribution in [2.75, 3.05) is 17.7 Å². The first-order valence-electron chi connectivity index (χ1n) is 10.8. The van der Waals surface area contributed by atoms with Gasteiger partial charge in [-0.1, -0.05) is 0 Å². The quantitative estimate of drug-likeness (QED) is 0.388. The van der Waals surface area contributed by atoms with Gasteiger partial charge in [-0.25, -0.2) is 4.99 Å². The fraction of sp³-hybridized carbons (Fsp3) is 0.208. The van der Waals surface area contributed by atoms with Crippen molar-refractivity contribution < 1.29 is 0 Å². The van der Waals surface area contributed by atoms with Crippen LogP contribution in [0, 0.1) is 13.8 Å². The van der Waals surface area contributed by atoms with E-state index in [4.69, 9.17) is 22.2 Å². The van der Waals surface area contributed by atoms with Crippen molar-refractivity contribution >= 4 is 51.6 Å². The molecule has 3 heterocycles. The normalized spacial score (nSPS) is 21.2. The van der Waals surface area contributed by atoms with Crippen LogP contribution in [-0.2, 0) is 6.42 Å². The lowest BCUT2D eigenvalue weighted by Crippen LogP contribution is -2.69. The molecule has 2 aromatic heterocycles. The highest BCUT2D eigenvalue weighted by molar-refractivity contribution is 8.02. The van der Waals surface area contributed by atoms with Crippen molar-refractivity contribution in [3.05, 3.63) is 70.2 Å². The van der Waals surface area contributed by atoms with Gasteiger partial charge in [0, 0.05) is 46.2 Å². The van der Waals surface area contributed by atoms with Crippen molar-refractivity contribution in [2.45, 2.75) is 25.9 Å². The summed E-state index contributed by atoms with van der Waals surface area (Å²) in [7, 11) is 0. The number of hydrogen-bond donors (Lipinski definition) is 5. The average molecular weight is 474 g/mol. The van der Waals surface area contributed by atoms with Crippen LogP contribution in [0.5, 0.6) is 0 Å². The van der Waals surface area contributed by atoms with Crippen molar-refractivity contribution in [3.8, 4) is 0 Å². The second-order valence-corrected chi connectivity index (χ2v) is 9.39. The molecule has 0 bridgehead atoms. The lowest BCUT2D eigenvalue weighted by Gasteiger charge is -2.43.